The largest absolute Gasteiger partial charge is 0.342 e. The molecule has 2 heterocycles. The number of hydrogen-bond donors (Lipinski definition) is 1. The van der Waals surface area contributed by atoms with E-state index in [4.69, 9.17) is 0 Å². The summed E-state index contributed by atoms with van der Waals surface area (Å²) in [6.45, 7) is 3.71. The van der Waals surface area contributed by atoms with Gasteiger partial charge in [0.1, 0.15) is 5.69 Å². The number of hydrogen-bond acceptors (Lipinski definition) is 3. The van der Waals surface area contributed by atoms with Crippen LogP contribution < -0.4 is 5.32 Å². The van der Waals surface area contributed by atoms with Crippen molar-refractivity contribution in [3.63, 3.8) is 0 Å². The maximum Gasteiger partial charge on any atom is 0.201 e. The van der Waals surface area contributed by atoms with E-state index in [1.807, 2.05) is 13.8 Å². The van der Waals surface area contributed by atoms with E-state index >= 15 is 0 Å². The fourth-order valence-electron chi connectivity index (χ4n) is 1.01. The van der Waals surface area contributed by atoms with E-state index in [1.54, 1.807) is 6.33 Å². The summed E-state index contributed by atoms with van der Waals surface area (Å²) in [7, 11) is 0. The van der Waals surface area contributed by atoms with Crippen LogP contribution in [-0.2, 0) is 0 Å². The zero-order valence-electron chi connectivity index (χ0n) is 6.87. The van der Waals surface area contributed by atoms with Gasteiger partial charge in [-0.15, -0.1) is 10.2 Å². The Morgan fingerprint density at radius 1 is 1.25 bits per heavy atom. The zero-order chi connectivity index (χ0) is 8.55. The van der Waals surface area contributed by atoms with Crippen molar-refractivity contribution < 1.29 is 0 Å². The number of nitrogens with zero attached hydrogens (tertiary/aromatic N) is 4. The highest BCUT2D eigenvalue weighted by Crippen LogP contribution is 2.05. The first-order valence-electron chi connectivity index (χ1n) is 3.61. The highest BCUT2D eigenvalue weighted by Gasteiger charge is 2.15. The van der Waals surface area contributed by atoms with Gasteiger partial charge in [0.2, 0.25) is 5.84 Å². The molecular formula is C7H8N5. The monoisotopic (exact) mass is 162 g/mol. The van der Waals surface area contributed by atoms with Crippen molar-refractivity contribution in [1.82, 2.24) is 15.3 Å². The number of H-pyrrole nitrogens is 1. The van der Waals surface area contributed by atoms with Crippen molar-refractivity contribution in [2.75, 3.05) is 0 Å². The molecule has 1 aromatic heterocycles. The van der Waals surface area contributed by atoms with Gasteiger partial charge in [-0.3, -0.25) is 0 Å². The summed E-state index contributed by atoms with van der Waals surface area (Å²) < 4.78 is 0. The van der Waals surface area contributed by atoms with E-state index in [-0.39, 0.29) is 0 Å². The fraction of sp³-hybridized carbons (Fsp3) is 0.286. The van der Waals surface area contributed by atoms with Gasteiger partial charge in [0.25, 0.3) is 0 Å². The predicted octanol–water partition coefficient (Wildman–Crippen LogP) is 0.416. The molecule has 1 N–H and O–H groups in total. The molecule has 0 fully saturated rings. The normalized spacial score (nSPS) is 15.5. The molecule has 1 aliphatic heterocycles. The molecule has 1 radical (unpaired) electrons. The maximum absolute atomic E-state index is 4.12. The highest BCUT2D eigenvalue weighted by molar-refractivity contribution is 6.10. The van der Waals surface area contributed by atoms with E-state index in [1.165, 1.54) is 0 Å². The lowest BCUT2D eigenvalue weighted by Crippen LogP contribution is -2.17. The molecular weight excluding hydrogens is 154 g/mol. The topological polar surface area (TPSA) is 67.5 Å². The van der Waals surface area contributed by atoms with Crippen LogP contribution in [-0.4, -0.2) is 21.6 Å². The van der Waals surface area contributed by atoms with Crippen molar-refractivity contribution in [2.45, 2.75) is 13.8 Å². The van der Waals surface area contributed by atoms with E-state index in [9.17, 15) is 0 Å². The average molecular weight is 162 g/mol. The molecule has 0 atom stereocenters. The molecule has 0 bridgehead atoms. The second-order valence-electron chi connectivity index (χ2n) is 2.55. The van der Waals surface area contributed by atoms with Gasteiger partial charge < -0.3 is 4.98 Å². The Bertz CT molecular complexity index is 360. The average Bonchev–Trinajstić information content (AvgIpc) is 2.58. The number of nitrogens with one attached hydrogen (secondary N) is 1. The summed E-state index contributed by atoms with van der Waals surface area (Å²) >= 11 is 0. The third kappa shape index (κ3) is 0.990. The standard InChI is InChI=1S/C7H8N5/c1-4-6(9-3-8-4)7-10-5(2)11-12-7/h3H,1-2H3,(H,8,9). The van der Waals surface area contributed by atoms with Gasteiger partial charge in [0, 0.05) is 0 Å². The fourth-order valence-corrected chi connectivity index (χ4v) is 1.01. The Morgan fingerprint density at radius 3 is 2.58 bits per heavy atom. The second-order valence-corrected chi connectivity index (χ2v) is 2.55. The minimum absolute atomic E-state index is 0.613. The summed E-state index contributed by atoms with van der Waals surface area (Å²) in [6, 6.07) is 0. The number of aromatic nitrogens is 2. The predicted molar refractivity (Wildman–Crippen MR) is 45.1 cm³/mol. The molecule has 0 unspecified atom stereocenters. The Balaban J connectivity index is 2.30. The summed E-state index contributed by atoms with van der Waals surface area (Å²) in [5, 5.41) is 11.8. The molecule has 0 spiro atoms. The molecule has 12 heavy (non-hydrogen) atoms. The Labute approximate surface area is 69.6 Å². The van der Waals surface area contributed by atoms with Crippen LogP contribution in [0.1, 0.15) is 18.3 Å². The molecule has 5 heteroatoms. The summed E-state index contributed by atoms with van der Waals surface area (Å²) in [4.78, 5) is 7.00. The molecule has 0 aromatic carbocycles. The van der Waals surface area contributed by atoms with Crippen LogP contribution in [0.4, 0.5) is 0 Å². The van der Waals surface area contributed by atoms with Gasteiger partial charge >= 0.3 is 0 Å². The molecule has 0 amide bonds. The molecule has 0 aliphatic carbocycles. The Hall–Kier alpha value is -1.65. The van der Waals surface area contributed by atoms with Crippen molar-refractivity contribution >= 4 is 11.7 Å². The maximum atomic E-state index is 4.12. The van der Waals surface area contributed by atoms with Crippen molar-refractivity contribution in [2.24, 2.45) is 10.2 Å². The minimum Gasteiger partial charge on any atom is -0.342 e. The first-order valence-corrected chi connectivity index (χ1v) is 3.61. The van der Waals surface area contributed by atoms with Gasteiger partial charge in [0.05, 0.1) is 12.0 Å². The summed E-state index contributed by atoms with van der Waals surface area (Å²) in [5.41, 5.74) is 1.73. The SMILES string of the molecule is CC1=NN=C(c2[nH]cnc2C)[N]1. The van der Waals surface area contributed by atoms with Crippen molar-refractivity contribution in [3.8, 4) is 0 Å². The highest BCUT2D eigenvalue weighted by atomic mass is 15.3. The molecule has 0 saturated heterocycles. The van der Waals surface area contributed by atoms with Gasteiger partial charge in [-0.1, -0.05) is 0 Å². The first-order chi connectivity index (χ1) is 5.77. The molecule has 1 aromatic rings. The molecule has 2 rings (SSSR count). The van der Waals surface area contributed by atoms with Gasteiger partial charge in [-0.05, 0) is 13.8 Å². The van der Waals surface area contributed by atoms with Gasteiger partial charge in [0.15, 0.2) is 5.84 Å². The quantitative estimate of drug-likeness (QED) is 0.638. The lowest BCUT2D eigenvalue weighted by molar-refractivity contribution is 1.23. The Morgan fingerprint density at radius 2 is 2.08 bits per heavy atom. The van der Waals surface area contributed by atoms with Crippen LogP contribution in [0.2, 0.25) is 0 Å². The van der Waals surface area contributed by atoms with E-state index in [0.29, 0.717) is 11.7 Å². The number of rotatable bonds is 1. The van der Waals surface area contributed by atoms with Crippen molar-refractivity contribution in [1.29, 1.82) is 0 Å². The number of aromatic amines is 1. The number of imidazole rings is 1. The zero-order valence-corrected chi connectivity index (χ0v) is 6.87. The van der Waals surface area contributed by atoms with Crippen LogP contribution in [0.15, 0.2) is 16.5 Å². The summed E-state index contributed by atoms with van der Waals surface area (Å²) in [5.74, 6) is 1.29. The van der Waals surface area contributed by atoms with E-state index in [0.717, 1.165) is 11.4 Å². The molecule has 61 valence electrons. The van der Waals surface area contributed by atoms with Crippen LogP contribution in [0.25, 0.3) is 0 Å². The van der Waals surface area contributed by atoms with Gasteiger partial charge in [-0.2, -0.15) is 0 Å². The van der Waals surface area contributed by atoms with Crippen LogP contribution in [0, 0.1) is 6.92 Å². The number of aryl methyl sites for hydroxylation is 1. The lowest BCUT2D eigenvalue weighted by atomic mass is 10.3. The van der Waals surface area contributed by atoms with Crippen LogP contribution in [0.5, 0.6) is 0 Å². The second kappa shape index (κ2) is 2.44. The summed E-state index contributed by atoms with van der Waals surface area (Å²) in [6.07, 6.45) is 1.62. The first kappa shape index (κ1) is 7.02. The minimum atomic E-state index is 0.613. The van der Waals surface area contributed by atoms with Gasteiger partial charge in [-0.25, -0.2) is 10.3 Å². The molecule has 5 nitrogen and oxygen atoms in total. The third-order valence-corrected chi connectivity index (χ3v) is 1.61. The van der Waals surface area contributed by atoms with Crippen molar-refractivity contribution in [3.05, 3.63) is 17.7 Å². The molecule has 1 aliphatic rings. The third-order valence-electron chi connectivity index (χ3n) is 1.61. The number of amidine groups is 2. The smallest absolute Gasteiger partial charge is 0.201 e. The van der Waals surface area contributed by atoms with Crippen LogP contribution >= 0.6 is 0 Å². The van der Waals surface area contributed by atoms with E-state index in [2.05, 4.69) is 25.5 Å². The lowest BCUT2D eigenvalue weighted by Gasteiger charge is -1.95. The molecule has 0 saturated carbocycles. The Kier molecular flexibility index (Phi) is 1.43. The van der Waals surface area contributed by atoms with Crippen LogP contribution in [0.3, 0.4) is 0 Å². The van der Waals surface area contributed by atoms with E-state index < -0.39 is 0 Å².